The van der Waals surface area contributed by atoms with E-state index in [1.165, 1.54) is 24.5 Å². The number of ether oxygens (including phenoxy) is 2. The summed E-state index contributed by atoms with van der Waals surface area (Å²) in [5.41, 5.74) is 1.65. The fourth-order valence-corrected chi connectivity index (χ4v) is 3.60. The van der Waals surface area contributed by atoms with Gasteiger partial charge in [-0.3, -0.25) is 9.35 Å². The lowest BCUT2D eigenvalue weighted by atomic mass is 10.1. The maximum absolute atomic E-state index is 13.6. The highest BCUT2D eigenvalue weighted by atomic mass is 35.5. The molecule has 2 heterocycles. The Morgan fingerprint density at radius 1 is 1.31 bits per heavy atom. The van der Waals surface area contributed by atoms with Crippen LogP contribution in [0.5, 0.6) is 5.75 Å². The number of aromatic nitrogens is 2. The lowest BCUT2D eigenvalue weighted by Crippen LogP contribution is -2.18. The summed E-state index contributed by atoms with van der Waals surface area (Å²) in [6, 6.07) is 7.82. The summed E-state index contributed by atoms with van der Waals surface area (Å²) in [6.45, 7) is 1.75. The van der Waals surface area contributed by atoms with Gasteiger partial charge in [0.05, 0.1) is 35.7 Å². The molecule has 11 nitrogen and oxygen atoms in total. The first-order chi connectivity index (χ1) is 18.4. The van der Waals surface area contributed by atoms with Crippen molar-refractivity contribution in [2.75, 3.05) is 50.7 Å². The van der Waals surface area contributed by atoms with Crippen molar-refractivity contribution in [3.63, 3.8) is 0 Å². The van der Waals surface area contributed by atoms with E-state index in [-0.39, 0.29) is 17.0 Å². The Labute approximate surface area is 230 Å². The first kappa shape index (κ1) is 30.2. The minimum Gasteiger partial charge on any atom is -0.486 e. The van der Waals surface area contributed by atoms with Crippen LogP contribution >= 0.6 is 11.6 Å². The van der Waals surface area contributed by atoms with E-state index in [9.17, 15) is 17.6 Å². The molecule has 0 saturated carbocycles. The van der Waals surface area contributed by atoms with Crippen LogP contribution in [0.1, 0.15) is 6.42 Å². The molecule has 14 heteroatoms. The van der Waals surface area contributed by atoms with E-state index in [2.05, 4.69) is 20.6 Å². The van der Waals surface area contributed by atoms with E-state index in [4.69, 9.17) is 25.6 Å². The number of halogens is 2. The second-order valence-electron chi connectivity index (χ2n) is 8.83. The van der Waals surface area contributed by atoms with E-state index >= 15 is 0 Å². The van der Waals surface area contributed by atoms with Crippen molar-refractivity contribution in [3.8, 4) is 5.75 Å². The Kier molecular flexibility index (Phi) is 10.5. The first-order valence-corrected chi connectivity index (χ1v) is 13.9. The van der Waals surface area contributed by atoms with E-state index in [1.54, 1.807) is 24.3 Å². The predicted molar refractivity (Wildman–Crippen MR) is 148 cm³/mol. The van der Waals surface area contributed by atoms with Gasteiger partial charge >= 0.3 is 0 Å². The molecule has 1 aliphatic rings. The summed E-state index contributed by atoms with van der Waals surface area (Å²) >= 11 is 5.91. The molecule has 3 N–H and O–H groups in total. The molecule has 1 saturated heterocycles. The van der Waals surface area contributed by atoms with Gasteiger partial charge in [-0.2, -0.15) is 8.42 Å². The molecular weight excluding hydrogens is 553 g/mol. The number of hydrogen-bond donors (Lipinski definition) is 3. The summed E-state index contributed by atoms with van der Waals surface area (Å²) in [6.07, 6.45) is 6.03. The summed E-state index contributed by atoms with van der Waals surface area (Å²) < 4.78 is 51.0. The van der Waals surface area contributed by atoms with Crippen LogP contribution < -0.4 is 15.4 Å². The number of fused-ring (bicyclic) bond motifs is 1. The number of rotatable bonds is 8. The molecule has 0 radical (unpaired) electrons. The number of benzene rings is 2. The van der Waals surface area contributed by atoms with Gasteiger partial charge in [0.15, 0.2) is 0 Å². The van der Waals surface area contributed by atoms with Crippen molar-refractivity contribution >= 4 is 55.7 Å². The van der Waals surface area contributed by atoms with Crippen LogP contribution in [0.25, 0.3) is 10.9 Å². The lowest BCUT2D eigenvalue weighted by Gasteiger charge is -2.17. The highest BCUT2D eigenvalue weighted by Gasteiger charge is 2.20. The van der Waals surface area contributed by atoms with Crippen LogP contribution in [-0.2, 0) is 19.6 Å². The van der Waals surface area contributed by atoms with E-state index in [0.29, 0.717) is 59.9 Å². The summed E-state index contributed by atoms with van der Waals surface area (Å²) in [7, 11) is 0.175. The molecule has 4 rings (SSSR count). The SMILES string of the molecule is CN(C)C/C=C/C(=O)Nc1cc2c(Nc3ccc(F)c(Cl)c3)ncnc2cc1O[C@H]1CCOC1.CS(=O)(=O)O. The Balaban J connectivity index is 0.000000771. The first-order valence-electron chi connectivity index (χ1n) is 11.7. The normalized spacial score (nSPS) is 15.3. The lowest BCUT2D eigenvalue weighted by molar-refractivity contribution is -0.111. The average molecular weight is 582 g/mol. The predicted octanol–water partition coefficient (Wildman–Crippen LogP) is 3.89. The van der Waals surface area contributed by atoms with Crippen LogP contribution in [0.2, 0.25) is 5.02 Å². The van der Waals surface area contributed by atoms with E-state index < -0.39 is 15.9 Å². The smallest absolute Gasteiger partial charge is 0.261 e. The summed E-state index contributed by atoms with van der Waals surface area (Å²) in [5, 5.41) is 6.67. The van der Waals surface area contributed by atoms with Crippen molar-refractivity contribution in [3.05, 3.63) is 59.7 Å². The Hall–Kier alpha value is -3.36. The van der Waals surface area contributed by atoms with Gasteiger partial charge in [-0.05, 0) is 38.4 Å². The van der Waals surface area contributed by atoms with Crippen LogP contribution in [0.3, 0.4) is 0 Å². The topological polar surface area (TPSA) is 143 Å². The monoisotopic (exact) mass is 581 g/mol. The Bertz CT molecular complexity index is 1440. The Morgan fingerprint density at radius 3 is 2.69 bits per heavy atom. The van der Waals surface area contributed by atoms with Gasteiger partial charge in [-0.1, -0.05) is 17.7 Å². The molecule has 3 aromatic rings. The highest BCUT2D eigenvalue weighted by molar-refractivity contribution is 7.85. The van der Waals surface area contributed by atoms with Gasteiger partial charge in [-0.25, -0.2) is 14.4 Å². The molecule has 0 bridgehead atoms. The van der Waals surface area contributed by atoms with Gasteiger partial charge in [-0.15, -0.1) is 0 Å². The van der Waals surface area contributed by atoms with Gasteiger partial charge in [0.2, 0.25) is 5.91 Å². The minimum absolute atomic E-state index is 0.00436. The molecule has 0 aliphatic carbocycles. The van der Waals surface area contributed by atoms with Crippen LogP contribution in [0.4, 0.5) is 21.6 Å². The van der Waals surface area contributed by atoms with Gasteiger partial charge in [0.1, 0.15) is 29.8 Å². The molecule has 39 heavy (non-hydrogen) atoms. The molecule has 1 atom stereocenters. The molecule has 1 aromatic heterocycles. The average Bonchev–Trinajstić information content (AvgIpc) is 3.34. The maximum atomic E-state index is 13.6. The zero-order chi connectivity index (χ0) is 28.6. The van der Waals surface area contributed by atoms with Gasteiger partial charge in [0.25, 0.3) is 10.1 Å². The van der Waals surface area contributed by atoms with Crippen molar-refractivity contribution in [1.29, 1.82) is 0 Å². The quantitative estimate of drug-likeness (QED) is 0.265. The maximum Gasteiger partial charge on any atom is 0.261 e. The third kappa shape index (κ3) is 10.0. The summed E-state index contributed by atoms with van der Waals surface area (Å²) in [4.78, 5) is 23.2. The van der Waals surface area contributed by atoms with Crippen molar-refractivity contribution in [2.45, 2.75) is 12.5 Å². The third-order valence-electron chi connectivity index (χ3n) is 5.10. The van der Waals surface area contributed by atoms with Gasteiger partial charge < -0.3 is 25.0 Å². The number of likely N-dealkylation sites (N-methyl/N-ethyl adjacent to an activating group) is 1. The number of amides is 1. The molecule has 210 valence electrons. The molecule has 0 unspecified atom stereocenters. The fourth-order valence-electron chi connectivity index (χ4n) is 3.42. The number of nitrogens with zero attached hydrogens (tertiary/aromatic N) is 3. The number of anilines is 3. The molecular formula is C25H29ClFN5O6S. The zero-order valence-electron chi connectivity index (χ0n) is 21.5. The standard InChI is InChI=1S/C24H25ClFN5O3.CH4O3S/c1-31(2)8-3-4-23(32)30-21-11-17-20(12-22(21)34-16-7-9-33-13-16)27-14-28-24(17)29-15-5-6-19(26)18(25)10-15;1-5(2,3)4/h3-6,10-12,14,16H,7-9,13H2,1-2H3,(H,30,32)(H,27,28,29);1H3,(H,2,3,4)/b4-3+;/t16-;/m0./s1. The molecule has 1 amide bonds. The second kappa shape index (κ2) is 13.6. The fraction of sp³-hybridized carbons (Fsp3) is 0.320. The molecule has 1 aliphatic heterocycles. The van der Waals surface area contributed by atoms with Crippen molar-refractivity contribution in [1.82, 2.24) is 14.9 Å². The molecule has 1 fully saturated rings. The second-order valence-corrected chi connectivity index (χ2v) is 10.7. The van der Waals surface area contributed by atoms with Gasteiger partial charge in [0, 0.05) is 36.2 Å². The number of carbonyl (C=O) groups is 1. The van der Waals surface area contributed by atoms with Crippen molar-refractivity contribution in [2.24, 2.45) is 0 Å². The van der Waals surface area contributed by atoms with E-state index in [0.717, 1.165) is 6.42 Å². The number of hydrogen-bond acceptors (Lipinski definition) is 9. The minimum atomic E-state index is -3.67. The number of carbonyl (C=O) groups excluding carboxylic acids is 1. The molecule has 0 spiro atoms. The van der Waals surface area contributed by atoms with Crippen LogP contribution in [-0.4, -0.2) is 80.0 Å². The third-order valence-corrected chi connectivity index (χ3v) is 5.39. The molecule has 2 aromatic carbocycles. The van der Waals surface area contributed by atoms with Crippen molar-refractivity contribution < 1.29 is 31.6 Å². The van der Waals surface area contributed by atoms with E-state index in [1.807, 2.05) is 19.0 Å². The summed E-state index contributed by atoms with van der Waals surface area (Å²) in [5.74, 6) is 0.170. The highest BCUT2D eigenvalue weighted by Crippen LogP contribution is 2.35. The Morgan fingerprint density at radius 2 is 2.05 bits per heavy atom. The zero-order valence-corrected chi connectivity index (χ0v) is 23.1. The number of nitrogens with one attached hydrogen (secondary N) is 2. The van der Waals surface area contributed by atoms with Crippen LogP contribution in [0, 0.1) is 5.82 Å². The largest absolute Gasteiger partial charge is 0.486 e. The van der Waals surface area contributed by atoms with Crippen LogP contribution in [0.15, 0.2) is 48.8 Å².